The normalized spacial score (nSPS) is 9.90. The number of thioether (sulfide) groups is 1. The first kappa shape index (κ1) is 16.4. The topological polar surface area (TPSA) is 67.4 Å². The molecule has 0 aliphatic rings. The average molecular weight is 296 g/mol. The van der Waals surface area contributed by atoms with Gasteiger partial charge in [-0.2, -0.15) is 0 Å². The molecule has 0 fully saturated rings. The van der Waals surface area contributed by atoms with Gasteiger partial charge in [-0.25, -0.2) is 0 Å². The summed E-state index contributed by atoms with van der Waals surface area (Å²) in [5, 5.41) is 5.19. The first-order chi connectivity index (χ1) is 9.65. The second-order valence-electron chi connectivity index (χ2n) is 3.92. The van der Waals surface area contributed by atoms with Crippen LogP contribution in [0.1, 0.15) is 13.8 Å². The highest BCUT2D eigenvalue weighted by Gasteiger charge is 2.05. The van der Waals surface area contributed by atoms with Crippen molar-refractivity contribution in [3.63, 3.8) is 0 Å². The number of carbonyl (C=O) groups is 2. The molecule has 1 aromatic rings. The Kier molecular flexibility index (Phi) is 7.57. The van der Waals surface area contributed by atoms with Crippen molar-refractivity contribution < 1.29 is 14.3 Å². The monoisotopic (exact) mass is 296 g/mol. The third kappa shape index (κ3) is 6.47. The summed E-state index contributed by atoms with van der Waals surface area (Å²) < 4.78 is 5.34. The number of nitrogens with one attached hydrogen (secondary N) is 2. The van der Waals surface area contributed by atoms with E-state index in [4.69, 9.17) is 4.74 Å². The molecular formula is C14H20N2O3S. The van der Waals surface area contributed by atoms with E-state index < -0.39 is 0 Å². The Balaban J connectivity index is 2.28. The zero-order valence-electron chi connectivity index (χ0n) is 11.8. The summed E-state index contributed by atoms with van der Waals surface area (Å²) in [5.41, 5.74) is 0. The maximum Gasteiger partial charge on any atom is 0.239 e. The van der Waals surface area contributed by atoms with Crippen LogP contribution in [0.4, 0.5) is 0 Å². The molecule has 0 saturated heterocycles. The number of likely N-dealkylation sites (N-methyl/N-ethyl adjacent to an activating group) is 1. The third-order valence-corrected chi connectivity index (χ3v) is 3.34. The first-order valence-electron chi connectivity index (χ1n) is 6.54. The molecule has 0 unspecified atom stereocenters. The molecule has 0 saturated carbocycles. The van der Waals surface area contributed by atoms with E-state index in [2.05, 4.69) is 10.6 Å². The van der Waals surface area contributed by atoms with Crippen molar-refractivity contribution in [1.29, 1.82) is 0 Å². The van der Waals surface area contributed by atoms with E-state index in [-0.39, 0.29) is 24.1 Å². The Hall–Kier alpha value is -1.69. The van der Waals surface area contributed by atoms with Gasteiger partial charge in [0.25, 0.3) is 0 Å². The molecule has 1 aromatic carbocycles. The molecule has 0 spiro atoms. The minimum absolute atomic E-state index is 0.0243. The first-order valence-corrected chi connectivity index (χ1v) is 7.53. The highest BCUT2D eigenvalue weighted by molar-refractivity contribution is 8.00. The van der Waals surface area contributed by atoms with Crippen molar-refractivity contribution in [2.75, 3.05) is 25.4 Å². The predicted molar refractivity (Wildman–Crippen MR) is 80.0 cm³/mol. The summed E-state index contributed by atoms with van der Waals surface area (Å²) in [6.45, 7) is 4.99. The van der Waals surface area contributed by atoms with Crippen molar-refractivity contribution in [1.82, 2.24) is 10.6 Å². The third-order valence-electron chi connectivity index (χ3n) is 2.32. The number of carbonyl (C=O) groups excluding carboxylic acids is 2. The van der Waals surface area contributed by atoms with Gasteiger partial charge in [0.05, 0.1) is 18.9 Å². The Labute approximate surface area is 123 Å². The Bertz CT molecular complexity index is 435. The van der Waals surface area contributed by atoms with E-state index in [1.165, 1.54) is 11.8 Å². The SMILES string of the molecule is CCNC(=O)CNC(=O)CSc1ccc(OCC)cc1. The van der Waals surface area contributed by atoms with E-state index in [1.54, 1.807) is 0 Å². The number of hydrogen-bond acceptors (Lipinski definition) is 4. The fourth-order valence-corrected chi connectivity index (χ4v) is 2.17. The number of rotatable bonds is 8. The van der Waals surface area contributed by atoms with Crippen LogP contribution in [0.2, 0.25) is 0 Å². The number of hydrogen-bond donors (Lipinski definition) is 2. The molecule has 0 aliphatic carbocycles. The van der Waals surface area contributed by atoms with Crippen LogP contribution in [0.25, 0.3) is 0 Å². The lowest BCUT2D eigenvalue weighted by molar-refractivity contribution is -0.124. The number of ether oxygens (including phenoxy) is 1. The molecule has 6 heteroatoms. The second kappa shape index (κ2) is 9.25. The van der Waals surface area contributed by atoms with Gasteiger partial charge in [0.2, 0.25) is 11.8 Å². The molecule has 0 aliphatic heterocycles. The molecule has 0 aromatic heterocycles. The van der Waals surface area contributed by atoms with Crippen LogP contribution in [0.5, 0.6) is 5.75 Å². The summed E-state index contributed by atoms with van der Waals surface area (Å²) in [4.78, 5) is 23.7. The maximum absolute atomic E-state index is 11.6. The fourth-order valence-electron chi connectivity index (χ4n) is 1.44. The van der Waals surface area contributed by atoms with Crippen molar-refractivity contribution >= 4 is 23.6 Å². The molecular weight excluding hydrogens is 276 g/mol. The van der Waals surface area contributed by atoms with Gasteiger partial charge in [-0.1, -0.05) is 0 Å². The molecule has 110 valence electrons. The van der Waals surface area contributed by atoms with Crippen LogP contribution in [0.15, 0.2) is 29.2 Å². The second-order valence-corrected chi connectivity index (χ2v) is 4.97. The smallest absolute Gasteiger partial charge is 0.239 e. The van der Waals surface area contributed by atoms with Crippen LogP contribution >= 0.6 is 11.8 Å². The summed E-state index contributed by atoms with van der Waals surface area (Å²) >= 11 is 1.42. The molecule has 5 nitrogen and oxygen atoms in total. The quantitative estimate of drug-likeness (QED) is 0.712. The molecule has 0 atom stereocenters. The summed E-state index contributed by atoms with van der Waals surface area (Å²) in [5.74, 6) is 0.771. The molecule has 20 heavy (non-hydrogen) atoms. The highest BCUT2D eigenvalue weighted by atomic mass is 32.2. The molecule has 0 bridgehead atoms. The Morgan fingerprint density at radius 1 is 1.10 bits per heavy atom. The van der Waals surface area contributed by atoms with Crippen LogP contribution in [-0.2, 0) is 9.59 Å². The predicted octanol–water partition coefficient (Wildman–Crippen LogP) is 1.43. The van der Waals surface area contributed by atoms with E-state index in [0.717, 1.165) is 10.6 Å². The van der Waals surface area contributed by atoms with Crippen molar-refractivity contribution in [2.45, 2.75) is 18.7 Å². The summed E-state index contributed by atoms with van der Waals surface area (Å²) in [7, 11) is 0. The van der Waals surface area contributed by atoms with Crippen molar-refractivity contribution in [2.24, 2.45) is 0 Å². The Morgan fingerprint density at radius 2 is 1.80 bits per heavy atom. The van der Waals surface area contributed by atoms with Crippen LogP contribution in [0.3, 0.4) is 0 Å². The number of amides is 2. The van der Waals surface area contributed by atoms with Gasteiger partial charge in [0.1, 0.15) is 5.75 Å². The van der Waals surface area contributed by atoms with Gasteiger partial charge < -0.3 is 15.4 Å². The van der Waals surface area contributed by atoms with Crippen molar-refractivity contribution in [3.05, 3.63) is 24.3 Å². The van der Waals surface area contributed by atoms with Crippen LogP contribution < -0.4 is 15.4 Å². The fraction of sp³-hybridized carbons (Fsp3) is 0.429. The largest absolute Gasteiger partial charge is 0.494 e. The lowest BCUT2D eigenvalue weighted by atomic mass is 10.3. The molecule has 0 heterocycles. The van der Waals surface area contributed by atoms with E-state index in [0.29, 0.717) is 13.2 Å². The van der Waals surface area contributed by atoms with Gasteiger partial charge in [0.15, 0.2) is 0 Å². The van der Waals surface area contributed by atoms with Gasteiger partial charge in [-0.3, -0.25) is 9.59 Å². The maximum atomic E-state index is 11.6. The van der Waals surface area contributed by atoms with Gasteiger partial charge in [-0.05, 0) is 38.1 Å². The number of benzene rings is 1. The Morgan fingerprint density at radius 3 is 2.40 bits per heavy atom. The molecule has 0 radical (unpaired) electrons. The highest BCUT2D eigenvalue weighted by Crippen LogP contribution is 2.21. The molecule has 1 rings (SSSR count). The summed E-state index contributed by atoms with van der Waals surface area (Å²) in [6.07, 6.45) is 0. The zero-order valence-corrected chi connectivity index (χ0v) is 12.6. The minimum Gasteiger partial charge on any atom is -0.494 e. The van der Waals surface area contributed by atoms with Crippen molar-refractivity contribution in [3.8, 4) is 5.75 Å². The minimum atomic E-state index is -0.174. The standard InChI is InChI=1S/C14H20N2O3S/c1-3-15-13(17)9-16-14(18)10-20-12-7-5-11(6-8-12)19-4-2/h5-8H,3-4,9-10H2,1-2H3,(H,15,17)(H,16,18). The average Bonchev–Trinajstić information content (AvgIpc) is 2.45. The van der Waals surface area contributed by atoms with Gasteiger partial charge in [0, 0.05) is 11.4 Å². The lowest BCUT2D eigenvalue weighted by Gasteiger charge is -2.06. The molecule has 2 amide bonds. The molecule has 2 N–H and O–H groups in total. The van der Waals surface area contributed by atoms with Crippen LogP contribution in [-0.4, -0.2) is 37.3 Å². The zero-order chi connectivity index (χ0) is 14.8. The summed E-state index contributed by atoms with van der Waals surface area (Å²) in [6, 6.07) is 7.57. The van der Waals surface area contributed by atoms with Gasteiger partial charge in [-0.15, -0.1) is 11.8 Å². The van der Waals surface area contributed by atoms with Gasteiger partial charge >= 0.3 is 0 Å². The van der Waals surface area contributed by atoms with E-state index in [1.807, 2.05) is 38.1 Å². The van der Waals surface area contributed by atoms with E-state index in [9.17, 15) is 9.59 Å². The van der Waals surface area contributed by atoms with Crippen LogP contribution in [0, 0.1) is 0 Å². The van der Waals surface area contributed by atoms with E-state index >= 15 is 0 Å². The lowest BCUT2D eigenvalue weighted by Crippen LogP contribution is -2.37.